The zero-order chi connectivity index (χ0) is 63.3. The number of carbonyl (C=O) groups is 1. The molecule has 1 amide bonds. The molecule has 17 unspecified atom stereocenters. The number of nitrogens with one attached hydrogen (secondary N) is 1. The first-order chi connectivity index (χ1) is 42.3. The predicted molar refractivity (Wildman–Crippen MR) is 337 cm³/mol. The molecule has 3 heterocycles. The van der Waals surface area contributed by atoms with E-state index in [1.54, 1.807) is 0 Å². The lowest BCUT2D eigenvalue weighted by atomic mass is 9.96. The minimum Gasteiger partial charge on any atom is -0.394 e. The maximum absolute atomic E-state index is 13.4. The molecule has 0 spiro atoms. The zero-order valence-corrected chi connectivity index (χ0v) is 53.2. The molecule has 0 bridgehead atoms. The van der Waals surface area contributed by atoms with Gasteiger partial charge in [-0.15, -0.1) is 0 Å². The van der Waals surface area contributed by atoms with Gasteiger partial charge in [-0.3, -0.25) is 4.79 Å². The summed E-state index contributed by atoms with van der Waals surface area (Å²) in [5, 5.41) is 121. The second-order valence-electron chi connectivity index (χ2n) is 24.3. The van der Waals surface area contributed by atoms with Crippen LogP contribution in [0.4, 0.5) is 0 Å². The van der Waals surface area contributed by atoms with Gasteiger partial charge in [0.2, 0.25) is 5.91 Å². The van der Waals surface area contributed by atoms with E-state index in [0.29, 0.717) is 12.8 Å². The fraction of sp³-hybridized carbons (Fsp3) is 0.838. The number of ether oxygens (including phenoxy) is 6. The molecule has 3 saturated heterocycles. The van der Waals surface area contributed by atoms with Gasteiger partial charge in [0, 0.05) is 6.42 Å². The number of unbranched alkanes of at least 4 members (excludes halogenated alkanes) is 25. The highest BCUT2D eigenvalue weighted by molar-refractivity contribution is 5.76. The largest absolute Gasteiger partial charge is 0.394 e. The number of hydrogen-bond acceptors (Lipinski definition) is 18. The first-order valence-electron chi connectivity index (χ1n) is 34.0. The van der Waals surface area contributed by atoms with Gasteiger partial charge in [-0.05, 0) is 57.8 Å². The van der Waals surface area contributed by atoms with Crippen molar-refractivity contribution < 1.29 is 89.4 Å². The lowest BCUT2D eigenvalue weighted by Crippen LogP contribution is -2.66. The molecule has 0 aromatic rings. The van der Waals surface area contributed by atoms with E-state index < -0.39 is 124 Å². The lowest BCUT2D eigenvalue weighted by molar-refractivity contribution is -0.379. The van der Waals surface area contributed by atoms with E-state index in [0.717, 1.165) is 89.9 Å². The second-order valence-corrected chi connectivity index (χ2v) is 24.3. The third kappa shape index (κ3) is 32.6. The lowest BCUT2D eigenvalue weighted by Gasteiger charge is -2.48. The van der Waals surface area contributed by atoms with Crippen LogP contribution in [0.15, 0.2) is 60.8 Å². The summed E-state index contributed by atoms with van der Waals surface area (Å²) in [6.07, 6.45) is 32.9. The van der Waals surface area contributed by atoms with Gasteiger partial charge in [-0.2, -0.15) is 0 Å². The van der Waals surface area contributed by atoms with Crippen LogP contribution in [-0.4, -0.2) is 193 Å². The third-order valence-electron chi connectivity index (χ3n) is 16.9. The average Bonchev–Trinajstić information content (AvgIpc) is 2.40. The van der Waals surface area contributed by atoms with Crippen molar-refractivity contribution in [3.63, 3.8) is 0 Å². The van der Waals surface area contributed by atoms with Crippen LogP contribution in [-0.2, 0) is 33.2 Å². The zero-order valence-electron chi connectivity index (χ0n) is 53.2. The quantitative estimate of drug-likeness (QED) is 0.0201. The highest BCUT2D eigenvalue weighted by atomic mass is 16.8. The van der Waals surface area contributed by atoms with Gasteiger partial charge < -0.3 is 89.9 Å². The Morgan fingerprint density at radius 2 is 0.793 bits per heavy atom. The van der Waals surface area contributed by atoms with Gasteiger partial charge in [0.25, 0.3) is 0 Å². The summed E-state index contributed by atoms with van der Waals surface area (Å²) in [6.45, 7) is 1.68. The standard InChI is InChI=1S/C68H121NO18/c1-3-5-7-9-11-13-15-17-19-21-23-25-27-29-31-33-35-37-39-41-43-45-52(73)51(69-56(74)46-44-42-40-38-36-34-32-30-28-26-24-22-20-18-16-14-12-10-8-6-4-2)50-82-66-62(80)59(77)64(54(48-71)84-66)87-68-63(81)60(78)65(55(49-72)85-68)86-67-61(79)58(76)57(75)53(47-70)83-67/h6,8,12,14,18,20,24,26,30,32,51-55,57-68,70-73,75-81H,3-5,7,9-11,13,15-17,19,21-23,25,27-29,31,33-50H2,1-2H3,(H,69,74)/b8-6-,14-12-,20-18-,26-24-,32-30-. The molecular formula is C68H121NO18. The van der Waals surface area contributed by atoms with Crippen molar-refractivity contribution in [3.8, 4) is 0 Å². The van der Waals surface area contributed by atoms with Crippen molar-refractivity contribution in [2.75, 3.05) is 26.4 Å². The highest BCUT2D eigenvalue weighted by Crippen LogP contribution is 2.33. The summed E-state index contributed by atoms with van der Waals surface area (Å²) < 4.78 is 34.4. The Balaban J connectivity index is 1.46. The minimum absolute atomic E-state index is 0.242. The van der Waals surface area contributed by atoms with Crippen LogP contribution >= 0.6 is 0 Å². The Morgan fingerprint density at radius 1 is 0.425 bits per heavy atom. The van der Waals surface area contributed by atoms with Gasteiger partial charge in [0.15, 0.2) is 18.9 Å². The molecule has 3 fully saturated rings. The Hall–Kier alpha value is -2.51. The third-order valence-corrected chi connectivity index (χ3v) is 16.9. The first-order valence-corrected chi connectivity index (χ1v) is 34.0. The Bertz CT molecular complexity index is 1820. The smallest absolute Gasteiger partial charge is 0.220 e. The van der Waals surface area contributed by atoms with Gasteiger partial charge in [-0.1, -0.05) is 229 Å². The van der Waals surface area contributed by atoms with E-state index in [1.807, 2.05) is 0 Å². The Labute approximate surface area is 522 Å². The average molecular weight is 1240 g/mol. The SMILES string of the molecule is CC/C=C\C/C=C\C/C=C\C/C=C\C/C=C\CCCCCCCC(=O)NC(COC1OC(CO)C(OC2OC(CO)C(OC3OC(CO)C(O)C(O)C3O)C(O)C2O)C(O)C1O)C(O)CCCCCCCCCCCCCCCCCCCCCCC. The van der Waals surface area contributed by atoms with Crippen LogP contribution in [0.1, 0.15) is 232 Å². The second kappa shape index (κ2) is 50.1. The maximum Gasteiger partial charge on any atom is 0.220 e. The molecule has 19 heteroatoms. The molecule has 3 aliphatic heterocycles. The molecule has 3 aliphatic rings. The number of rotatable bonds is 51. The monoisotopic (exact) mass is 1240 g/mol. The van der Waals surface area contributed by atoms with Crippen molar-refractivity contribution in [1.29, 1.82) is 0 Å². The van der Waals surface area contributed by atoms with Crippen LogP contribution in [0.2, 0.25) is 0 Å². The number of aliphatic hydroxyl groups is 11. The predicted octanol–water partition coefficient (Wildman–Crippen LogP) is 8.38. The van der Waals surface area contributed by atoms with Crippen molar-refractivity contribution in [1.82, 2.24) is 5.32 Å². The number of allylic oxidation sites excluding steroid dienone is 10. The minimum atomic E-state index is -1.98. The summed E-state index contributed by atoms with van der Waals surface area (Å²) in [4.78, 5) is 13.4. The van der Waals surface area contributed by atoms with Crippen LogP contribution in [0.5, 0.6) is 0 Å². The summed E-state index contributed by atoms with van der Waals surface area (Å²) in [5.41, 5.74) is 0. The van der Waals surface area contributed by atoms with Crippen molar-refractivity contribution >= 4 is 5.91 Å². The summed E-state index contributed by atoms with van der Waals surface area (Å²) in [7, 11) is 0. The molecule has 12 N–H and O–H groups in total. The highest BCUT2D eigenvalue weighted by Gasteiger charge is 2.53. The summed E-state index contributed by atoms with van der Waals surface area (Å²) in [6, 6.07) is -0.901. The number of carbonyl (C=O) groups excluding carboxylic acids is 1. The molecule has 506 valence electrons. The molecule has 0 saturated carbocycles. The van der Waals surface area contributed by atoms with E-state index in [4.69, 9.17) is 28.4 Å². The van der Waals surface area contributed by atoms with Crippen LogP contribution in [0.25, 0.3) is 0 Å². The molecule has 0 aromatic carbocycles. The molecule has 87 heavy (non-hydrogen) atoms. The van der Waals surface area contributed by atoms with Gasteiger partial charge in [0.05, 0.1) is 38.6 Å². The molecule has 0 aromatic heterocycles. The molecule has 0 radical (unpaired) electrons. The fourth-order valence-corrected chi connectivity index (χ4v) is 11.3. The maximum atomic E-state index is 13.4. The summed E-state index contributed by atoms with van der Waals surface area (Å²) >= 11 is 0. The van der Waals surface area contributed by atoms with Crippen LogP contribution < -0.4 is 5.32 Å². The number of hydrogen-bond donors (Lipinski definition) is 12. The van der Waals surface area contributed by atoms with Gasteiger partial charge >= 0.3 is 0 Å². The summed E-state index contributed by atoms with van der Waals surface area (Å²) in [5.74, 6) is -0.262. The Kier molecular flexibility index (Phi) is 45.3. The Morgan fingerprint density at radius 3 is 1.24 bits per heavy atom. The normalized spacial score (nSPS) is 29.0. The van der Waals surface area contributed by atoms with Gasteiger partial charge in [0.1, 0.15) is 73.2 Å². The van der Waals surface area contributed by atoms with E-state index in [1.165, 1.54) is 109 Å². The number of aliphatic hydroxyl groups excluding tert-OH is 11. The first kappa shape index (κ1) is 78.7. The van der Waals surface area contributed by atoms with Crippen molar-refractivity contribution in [3.05, 3.63) is 60.8 Å². The van der Waals surface area contributed by atoms with Gasteiger partial charge in [-0.25, -0.2) is 0 Å². The molecule has 0 aliphatic carbocycles. The van der Waals surface area contributed by atoms with Crippen molar-refractivity contribution in [2.45, 2.75) is 336 Å². The molecular weight excluding hydrogens is 1120 g/mol. The van der Waals surface area contributed by atoms with E-state index in [2.05, 4.69) is 79.9 Å². The van der Waals surface area contributed by atoms with E-state index in [9.17, 15) is 61.0 Å². The van der Waals surface area contributed by atoms with Crippen molar-refractivity contribution in [2.24, 2.45) is 0 Å². The number of amides is 1. The van der Waals surface area contributed by atoms with E-state index in [-0.39, 0.29) is 18.9 Å². The van der Waals surface area contributed by atoms with E-state index >= 15 is 0 Å². The van der Waals surface area contributed by atoms with Crippen LogP contribution in [0, 0.1) is 0 Å². The molecule has 17 atom stereocenters. The molecule has 3 rings (SSSR count). The topological polar surface area (TPSA) is 307 Å². The fourth-order valence-electron chi connectivity index (χ4n) is 11.3. The van der Waals surface area contributed by atoms with Crippen LogP contribution in [0.3, 0.4) is 0 Å². The molecule has 19 nitrogen and oxygen atoms in total.